The van der Waals surface area contributed by atoms with E-state index < -0.39 is 48.4 Å². The van der Waals surface area contributed by atoms with E-state index in [1.807, 2.05) is 36.6 Å². The Morgan fingerprint density at radius 3 is 2.39 bits per heavy atom. The smallest absolute Gasteiger partial charge is 0.246 e. The third-order valence-corrected chi connectivity index (χ3v) is 8.17. The van der Waals surface area contributed by atoms with Crippen LogP contribution >= 0.6 is 11.8 Å². The van der Waals surface area contributed by atoms with E-state index in [1.54, 1.807) is 28.8 Å². The summed E-state index contributed by atoms with van der Waals surface area (Å²) < 4.78 is 0. The van der Waals surface area contributed by atoms with Crippen molar-refractivity contribution in [3.63, 3.8) is 0 Å². The fraction of sp³-hybridized carbons (Fsp3) is 0.452. The molecule has 44 heavy (non-hydrogen) atoms. The van der Waals surface area contributed by atoms with Crippen LogP contribution in [0.1, 0.15) is 24.5 Å². The molecule has 1 fully saturated rings. The predicted molar refractivity (Wildman–Crippen MR) is 169 cm³/mol. The number of nitrogens with one attached hydrogen (secondary N) is 3. The van der Waals surface area contributed by atoms with Gasteiger partial charge in [0.05, 0.1) is 12.6 Å². The van der Waals surface area contributed by atoms with Crippen molar-refractivity contribution in [2.24, 2.45) is 5.73 Å². The molecule has 0 aliphatic carbocycles. The lowest BCUT2D eigenvalue weighted by molar-refractivity contribution is -0.150. The maximum absolute atomic E-state index is 13.9. The highest BCUT2D eigenvalue weighted by Gasteiger charge is 2.38. The molecular formula is C31H42N6O6S. The van der Waals surface area contributed by atoms with Crippen molar-refractivity contribution in [3.05, 3.63) is 65.7 Å². The molecule has 1 aliphatic heterocycles. The number of carbonyl (C=O) groups is 5. The molecule has 2 aromatic carbocycles. The van der Waals surface area contributed by atoms with Crippen LogP contribution in [-0.4, -0.2) is 107 Å². The summed E-state index contributed by atoms with van der Waals surface area (Å²) in [5.74, 6) is -1.38. The lowest BCUT2D eigenvalue weighted by Crippen LogP contribution is -2.62. The number of nitrogens with zero attached hydrogens (tertiary/aromatic N) is 2. The van der Waals surface area contributed by atoms with Gasteiger partial charge in [0.15, 0.2) is 0 Å². The molecule has 3 rings (SSSR count). The first-order valence-corrected chi connectivity index (χ1v) is 15.9. The fourth-order valence-electron chi connectivity index (χ4n) is 4.89. The van der Waals surface area contributed by atoms with Crippen LogP contribution in [0.25, 0.3) is 0 Å². The van der Waals surface area contributed by atoms with Crippen molar-refractivity contribution in [2.75, 3.05) is 38.7 Å². The molecule has 1 aliphatic rings. The number of benzene rings is 2. The van der Waals surface area contributed by atoms with Crippen LogP contribution in [0, 0.1) is 0 Å². The summed E-state index contributed by atoms with van der Waals surface area (Å²) in [5, 5.41) is 17.3. The molecule has 2 aromatic rings. The third kappa shape index (κ3) is 9.71. The third-order valence-electron chi connectivity index (χ3n) is 7.52. The van der Waals surface area contributed by atoms with E-state index in [0.717, 1.165) is 11.1 Å². The monoisotopic (exact) mass is 626 g/mol. The Morgan fingerprint density at radius 2 is 1.73 bits per heavy atom. The highest BCUT2D eigenvalue weighted by molar-refractivity contribution is 7.98. The summed E-state index contributed by atoms with van der Waals surface area (Å²) in [6.07, 6.45) is 2.86. The summed E-state index contributed by atoms with van der Waals surface area (Å²) in [7, 11) is 1.51. The molecule has 4 atom stereocenters. The minimum Gasteiger partial charge on any atom is -0.508 e. The first-order chi connectivity index (χ1) is 21.0. The van der Waals surface area contributed by atoms with Crippen molar-refractivity contribution < 1.29 is 29.1 Å². The average Bonchev–Trinajstić information content (AvgIpc) is 3.02. The predicted octanol–water partition coefficient (Wildman–Crippen LogP) is 0.0327. The molecule has 1 saturated heterocycles. The molecule has 238 valence electrons. The van der Waals surface area contributed by atoms with Gasteiger partial charge < -0.3 is 36.6 Å². The summed E-state index contributed by atoms with van der Waals surface area (Å²) in [6, 6.07) is 12.2. The minimum absolute atomic E-state index is 0.0993. The van der Waals surface area contributed by atoms with Gasteiger partial charge in [-0.25, -0.2) is 0 Å². The maximum atomic E-state index is 13.9. The quantitative estimate of drug-likeness (QED) is 0.195. The Morgan fingerprint density at radius 1 is 1.07 bits per heavy atom. The number of carbonyl (C=O) groups excluding carboxylic acids is 5. The number of phenolic OH excluding ortho intramolecular Hbond substituents is 1. The Kier molecular flexibility index (Phi) is 13.0. The van der Waals surface area contributed by atoms with Crippen molar-refractivity contribution >= 4 is 41.3 Å². The van der Waals surface area contributed by atoms with Crippen LogP contribution in [0.4, 0.5) is 0 Å². The Hall–Kier alpha value is -4.10. The molecule has 0 unspecified atom stereocenters. The van der Waals surface area contributed by atoms with E-state index >= 15 is 0 Å². The molecule has 12 nitrogen and oxygen atoms in total. The fourth-order valence-corrected chi connectivity index (χ4v) is 5.35. The molecule has 5 amide bonds. The summed E-state index contributed by atoms with van der Waals surface area (Å²) >= 11 is 1.59. The molecular weight excluding hydrogens is 584 g/mol. The molecule has 0 bridgehead atoms. The largest absolute Gasteiger partial charge is 0.508 e. The zero-order valence-corrected chi connectivity index (χ0v) is 26.1. The van der Waals surface area contributed by atoms with Gasteiger partial charge >= 0.3 is 0 Å². The summed E-state index contributed by atoms with van der Waals surface area (Å²) in [4.78, 5) is 68.1. The minimum atomic E-state index is -0.975. The number of aromatic hydroxyl groups is 1. The van der Waals surface area contributed by atoms with Crippen molar-refractivity contribution in [1.82, 2.24) is 25.8 Å². The standard InChI is InChI=1S/C31H42N6O6S/c1-20(35-29(41)24(32)17-22-9-11-23(38)12-10-22)28(40)34-19-27(39)36(2)26(18-21-7-5-4-6-8-21)31(43)37-15-14-33-30(42)25(37)13-16-44-3/h4-12,20,24-26,38H,13-19,32H2,1-3H3,(H,33,42)(H,34,40)(H,35,41)/t20-,24+,25+,26+/m1/s1. The number of phenols is 1. The second-order valence-corrected chi connectivity index (χ2v) is 11.7. The number of hydrogen-bond donors (Lipinski definition) is 5. The molecule has 0 aromatic heterocycles. The first-order valence-electron chi connectivity index (χ1n) is 14.5. The van der Waals surface area contributed by atoms with Gasteiger partial charge in [0.1, 0.15) is 23.9 Å². The van der Waals surface area contributed by atoms with Gasteiger partial charge in [-0.1, -0.05) is 42.5 Å². The van der Waals surface area contributed by atoms with Gasteiger partial charge in [0, 0.05) is 26.6 Å². The zero-order valence-electron chi connectivity index (χ0n) is 25.3. The van der Waals surface area contributed by atoms with Crippen molar-refractivity contribution in [3.8, 4) is 5.75 Å². The second-order valence-electron chi connectivity index (χ2n) is 10.8. The normalized spacial score (nSPS) is 16.7. The number of rotatable bonds is 14. The number of amides is 5. The lowest BCUT2D eigenvalue weighted by Gasteiger charge is -2.39. The maximum Gasteiger partial charge on any atom is 0.246 e. The molecule has 0 radical (unpaired) electrons. The van der Waals surface area contributed by atoms with Gasteiger partial charge in [-0.05, 0) is 55.0 Å². The zero-order chi connectivity index (χ0) is 32.2. The molecule has 1 heterocycles. The Bertz CT molecular complexity index is 1290. The van der Waals surface area contributed by atoms with Gasteiger partial charge in [-0.15, -0.1) is 0 Å². The molecule has 6 N–H and O–H groups in total. The SMILES string of the molecule is CSCC[C@H]1C(=O)NCCN1C(=O)[C@H](Cc1ccccc1)N(C)C(=O)CNC(=O)[C@@H](C)NC(=O)[C@@H](N)Cc1ccc(O)cc1. The summed E-state index contributed by atoms with van der Waals surface area (Å²) in [5.41, 5.74) is 7.59. The topological polar surface area (TPSA) is 174 Å². The number of hydrogen-bond acceptors (Lipinski definition) is 8. The second kappa shape index (κ2) is 16.7. The van der Waals surface area contributed by atoms with E-state index in [0.29, 0.717) is 25.3 Å². The van der Waals surface area contributed by atoms with E-state index in [9.17, 15) is 29.1 Å². The van der Waals surface area contributed by atoms with Crippen LogP contribution in [0.2, 0.25) is 0 Å². The van der Waals surface area contributed by atoms with Crippen LogP contribution in [0.5, 0.6) is 5.75 Å². The van der Waals surface area contributed by atoms with Gasteiger partial charge in [0.25, 0.3) is 0 Å². The van der Waals surface area contributed by atoms with E-state index in [4.69, 9.17) is 5.73 Å². The van der Waals surface area contributed by atoms with E-state index in [2.05, 4.69) is 16.0 Å². The highest BCUT2D eigenvalue weighted by atomic mass is 32.2. The number of piperazine rings is 1. The van der Waals surface area contributed by atoms with Gasteiger partial charge in [0.2, 0.25) is 29.5 Å². The van der Waals surface area contributed by atoms with Crippen LogP contribution < -0.4 is 21.7 Å². The van der Waals surface area contributed by atoms with Crippen molar-refractivity contribution in [1.29, 1.82) is 0 Å². The molecule has 13 heteroatoms. The first kappa shape index (κ1) is 34.4. The van der Waals surface area contributed by atoms with Gasteiger partial charge in [-0.3, -0.25) is 24.0 Å². The Balaban J connectivity index is 1.63. The average molecular weight is 627 g/mol. The summed E-state index contributed by atoms with van der Waals surface area (Å²) in [6.45, 7) is 1.74. The van der Waals surface area contributed by atoms with E-state index in [1.165, 1.54) is 31.0 Å². The molecule has 0 spiro atoms. The van der Waals surface area contributed by atoms with Crippen LogP contribution in [0.15, 0.2) is 54.6 Å². The lowest BCUT2D eigenvalue weighted by atomic mass is 10.0. The van der Waals surface area contributed by atoms with Gasteiger partial charge in [-0.2, -0.15) is 11.8 Å². The van der Waals surface area contributed by atoms with Crippen LogP contribution in [-0.2, 0) is 36.8 Å². The Labute approximate surface area is 262 Å². The highest BCUT2D eigenvalue weighted by Crippen LogP contribution is 2.18. The van der Waals surface area contributed by atoms with Crippen molar-refractivity contribution in [2.45, 2.75) is 50.4 Å². The number of likely N-dealkylation sites (N-methyl/N-ethyl adjacent to an activating group) is 1. The van der Waals surface area contributed by atoms with E-state index in [-0.39, 0.29) is 30.4 Å². The molecule has 0 saturated carbocycles. The number of thioether (sulfide) groups is 1. The van der Waals surface area contributed by atoms with Crippen LogP contribution in [0.3, 0.4) is 0 Å². The number of nitrogens with two attached hydrogens (primary N) is 1.